The minimum Gasteiger partial charge on any atom is -0.346 e. The number of hydrogen-bond acceptors (Lipinski definition) is 2. The second-order valence-electron chi connectivity index (χ2n) is 6.16. The molecule has 118 valence electrons. The third kappa shape index (κ3) is 3.47. The fourth-order valence-corrected chi connectivity index (χ4v) is 3.32. The first-order valence-electron chi connectivity index (χ1n) is 8.26. The van der Waals surface area contributed by atoms with Crippen molar-refractivity contribution in [1.29, 1.82) is 0 Å². The van der Waals surface area contributed by atoms with Gasteiger partial charge in [-0.15, -0.1) is 0 Å². The van der Waals surface area contributed by atoms with Gasteiger partial charge in [-0.25, -0.2) is 0 Å². The third-order valence-corrected chi connectivity index (χ3v) is 4.57. The van der Waals surface area contributed by atoms with E-state index in [9.17, 15) is 9.59 Å². The first-order chi connectivity index (χ1) is 10.7. The van der Waals surface area contributed by atoms with Gasteiger partial charge in [0.05, 0.1) is 26.2 Å². The zero-order chi connectivity index (χ0) is 15.4. The van der Waals surface area contributed by atoms with Crippen molar-refractivity contribution in [2.24, 2.45) is 0 Å². The van der Waals surface area contributed by atoms with Crippen LogP contribution < -0.4 is 15.1 Å². The normalized spacial score (nSPS) is 18.9. The number of anilines is 1. The Labute approximate surface area is 131 Å². The fourth-order valence-electron chi connectivity index (χ4n) is 3.32. The number of amides is 2. The average molecular weight is 302 g/mol. The minimum absolute atomic E-state index is 0.0490. The predicted molar refractivity (Wildman–Crippen MR) is 85.2 cm³/mol. The highest BCUT2D eigenvalue weighted by molar-refractivity contribution is 5.99. The minimum atomic E-state index is -0.0490. The maximum absolute atomic E-state index is 12.2. The molecule has 2 aliphatic heterocycles. The number of carbonyl (C=O) groups is 2. The van der Waals surface area contributed by atoms with Crippen molar-refractivity contribution >= 4 is 17.5 Å². The molecule has 1 aromatic carbocycles. The Hall–Kier alpha value is -1.88. The molecule has 2 fully saturated rings. The van der Waals surface area contributed by atoms with Crippen LogP contribution in [-0.2, 0) is 4.79 Å². The predicted octanol–water partition coefficient (Wildman–Crippen LogP) is 0.222. The molecule has 5 heteroatoms. The summed E-state index contributed by atoms with van der Waals surface area (Å²) in [5, 5.41) is 2.99. The summed E-state index contributed by atoms with van der Waals surface area (Å²) < 4.78 is 0. The summed E-state index contributed by atoms with van der Waals surface area (Å²) in [7, 11) is 0. The van der Waals surface area contributed by atoms with Crippen LogP contribution in [0.25, 0.3) is 0 Å². The second-order valence-corrected chi connectivity index (χ2v) is 6.16. The summed E-state index contributed by atoms with van der Waals surface area (Å²) in [6, 6.07) is 7.37. The van der Waals surface area contributed by atoms with Crippen LogP contribution in [-0.4, -0.2) is 44.5 Å². The lowest BCUT2D eigenvalue weighted by Gasteiger charge is -2.16. The fraction of sp³-hybridized carbons (Fsp3) is 0.529. The number of hydrogen-bond donors (Lipinski definition) is 2. The van der Waals surface area contributed by atoms with Crippen molar-refractivity contribution in [2.75, 3.05) is 37.6 Å². The lowest BCUT2D eigenvalue weighted by molar-refractivity contribution is -0.886. The van der Waals surface area contributed by atoms with E-state index in [4.69, 9.17) is 0 Å². The molecule has 1 aromatic rings. The van der Waals surface area contributed by atoms with Gasteiger partial charge in [-0.05, 0) is 24.6 Å². The molecule has 0 unspecified atom stereocenters. The number of nitrogens with one attached hydrogen (secondary N) is 2. The molecule has 0 aromatic heterocycles. The van der Waals surface area contributed by atoms with Crippen LogP contribution >= 0.6 is 0 Å². The van der Waals surface area contributed by atoms with Gasteiger partial charge in [0.25, 0.3) is 5.91 Å². The van der Waals surface area contributed by atoms with E-state index in [1.807, 2.05) is 24.3 Å². The average Bonchev–Trinajstić information content (AvgIpc) is 3.19. The zero-order valence-electron chi connectivity index (χ0n) is 12.9. The Balaban J connectivity index is 1.56. The van der Waals surface area contributed by atoms with Crippen molar-refractivity contribution in [3.63, 3.8) is 0 Å². The van der Waals surface area contributed by atoms with E-state index >= 15 is 0 Å². The van der Waals surface area contributed by atoms with E-state index in [1.54, 1.807) is 9.80 Å². The Kier molecular flexibility index (Phi) is 4.73. The summed E-state index contributed by atoms with van der Waals surface area (Å²) in [5.74, 6) is 0.0993. The lowest BCUT2D eigenvalue weighted by Crippen LogP contribution is -3.10. The topological polar surface area (TPSA) is 53.9 Å². The Morgan fingerprint density at radius 1 is 1.23 bits per heavy atom. The van der Waals surface area contributed by atoms with Crippen molar-refractivity contribution in [3.05, 3.63) is 29.8 Å². The first-order valence-corrected chi connectivity index (χ1v) is 8.26. The number of likely N-dealkylation sites (tertiary alicyclic amines) is 1. The van der Waals surface area contributed by atoms with Crippen molar-refractivity contribution in [3.8, 4) is 0 Å². The monoisotopic (exact) mass is 302 g/mol. The SMILES string of the molecule is O=C(NCC[NH+]1CCCC1)c1cccc(N2CCCC2=O)c1. The summed E-state index contributed by atoms with van der Waals surface area (Å²) in [6.45, 7) is 4.91. The van der Waals surface area contributed by atoms with E-state index in [0.29, 0.717) is 18.5 Å². The third-order valence-electron chi connectivity index (χ3n) is 4.57. The quantitative estimate of drug-likeness (QED) is 0.818. The van der Waals surface area contributed by atoms with Crippen molar-refractivity contribution in [2.45, 2.75) is 25.7 Å². The zero-order valence-corrected chi connectivity index (χ0v) is 12.9. The maximum atomic E-state index is 12.2. The summed E-state index contributed by atoms with van der Waals surface area (Å²) in [6.07, 6.45) is 4.10. The standard InChI is InChI=1S/C17H23N3O2/c21-16-7-4-11-20(16)15-6-3-5-14(13-15)17(22)18-8-12-19-9-1-2-10-19/h3,5-6,13H,1-2,4,7-12H2,(H,18,22)/p+1. The van der Waals surface area contributed by atoms with Gasteiger partial charge in [0.1, 0.15) is 0 Å². The second kappa shape index (κ2) is 6.92. The Morgan fingerprint density at radius 2 is 2.05 bits per heavy atom. The van der Waals surface area contributed by atoms with Crippen LogP contribution in [0.1, 0.15) is 36.0 Å². The van der Waals surface area contributed by atoms with Crippen molar-refractivity contribution in [1.82, 2.24) is 5.32 Å². The molecule has 2 saturated heterocycles. The highest BCUT2D eigenvalue weighted by Gasteiger charge is 2.22. The van der Waals surface area contributed by atoms with Crippen LogP contribution in [0, 0.1) is 0 Å². The molecule has 0 atom stereocenters. The molecular formula is C17H24N3O2+. The number of nitrogens with zero attached hydrogens (tertiary/aromatic N) is 1. The highest BCUT2D eigenvalue weighted by Crippen LogP contribution is 2.22. The molecule has 3 rings (SSSR count). The molecular weight excluding hydrogens is 278 g/mol. The van der Waals surface area contributed by atoms with Gasteiger partial charge >= 0.3 is 0 Å². The number of benzene rings is 1. The molecule has 0 aliphatic carbocycles. The molecule has 22 heavy (non-hydrogen) atoms. The summed E-state index contributed by atoms with van der Waals surface area (Å²) >= 11 is 0. The van der Waals surface area contributed by atoms with Gasteiger partial charge in [0, 0.05) is 37.1 Å². The van der Waals surface area contributed by atoms with Crippen LogP contribution in [0.2, 0.25) is 0 Å². The molecule has 0 radical (unpaired) electrons. The lowest BCUT2D eigenvalue weighted by atomic mass is 10.1. The molecule has 0 saturated carbocycles. The number of carbonyl (C=O) groups excluding carboxylic acids is 2. The van der Waals surface area contributed by atoms with Crippen LogP contribution in [0.5, 0.6) is 0 Å². The largest absolute Gasteiger partial charge is 0.346 e. The Bertz CT molecular complexity index is 553. The van der Waals surface area contributed by atoms with E-state index in [0.717, 1.165) is 25.2 Å². The molecule has 0 bridgehead atoms. The Morgan fingerprint density at radius 3 is 2.77 bits per heavy atom. The van der Waals surface area contributed by atoms with Gasteiger partial charge in [-0.1, -0.05) is 6.07 Å². The van der Waals surface area contributed by atoms with Gasteiger partial charge in [-0.2, -0.15) is 0 Å². The van der Waals surface area contributed by atoms with Gasteiger partial charge < -0.3 is 15.1 Å². The van der Waals surface area contributed by atoms with Crippen LogP contribution in [0.3, 0.4) is 0 Å². The van der Waals surface area contributed by atoms with E-state index in [-0.39, 0.29) is 11.8 Å². The summed E-state index contributed by atoms with van der Waals surface area (Å²) in [4.78, 5) is 27.4. The van der Waals surface area contributed by atoms with E-state index in [1.165, 1.54) is 25.9 Å². The molecule has 2 N–H and O–H groups in total. The van der Waals surface area contributed by atoms with Gasteiger partial charge in [-0.3, -0.25) is 9.59 Å². The van der Waals surface area contributed by atoms with Crippen molar-refractivity contribution < 1.29 is 14.5 Å². The molecule has 2 heterocycles. The maximum Gasteiger partial charge on any atom is 0.251 e. The number of rotatable bonds is 5. The first kappa shape index (κ1) is 15.0. The molecule has 0 spiro atoms. The molecule has 2 aliphatic rings. The molecule has 5 nitrogen and oxygen atoms in total. The van der Waals surface area contributed by atoms with Crippen LogP contribution in [0.15, 0.2) is 24.3 Å². The molecule has 2 amide bonds. The van der Waals surface area contributed by atoms with Gasteiger partial charge in [0.15, 0.2) is 0 Å². The number of quaternary nitrogens is 1. The summed E-state index contributed by atoms with van der Waals surface area (Å²) in [5.41, 5.74) is 1.47. The smallest absolute Gasteiger partial charge is 0.251 e. The van der Waals surface area contributed by atoms with E-state index in [2.05, 4.69) is 5.32 Å². The van der Waals surface area contributed by atoms with Crippen LogP contribution in [0.4, 0.5) is 5.69 Å². The van der Waals surface area contributed by atoms with E-state index < -0.39 is 0 Å². The highest BCUT2D eigenvalue weighted by atomic mass is 16.2. The van der Waals surface area contributed by atoms with Gasteiger partial charge in [0.2, 0.25) is 5.91 Å².